The van der Waals surface area contributed by atoms with Gasteiger partial charge in [0.1, 0.15) is 0 Å². The summed E-state index contributed by atoms with van der Waals surface area (Å²) >= 11 is 1.39. The van der Waals surface area contributed by atoms with Crippen molar-refractivity contribution >= 4 is 28.4 Å². The zero-order valence-electron chi connectivity index (χ0n) is 13.8. The number of rotatable bonds is 5. The highest BCUT2D eigenvalue weighted by Gasteiger charge is 2.23. The van der Waals surface area contributed by atoms with Crippen molar-refractivity contribution in [2.45, 2.75) is 17.3 Å². The number of nitrogens with one attached hydrogen (secondary N) is 1. The van der Waals surface area contributed by atoms with Crippen LogP contribution in [0.2, 0.25) is 0 Å². The highest BCUT2D eigenvalue weighted by atomic mass is 32.2. The summed E-state index contributed by atoms with van der Waals surface area (Å²) in [6.45, 7) is 1.88. The lowest BCUT2D eigenvalue weighted by Gasteiger charge is -2.09. The van der Waals surface area contributed by atoms with Gasteiger partial charge in [-0.2, -0.15) is 0 Å². The normalized spacial score (nSPS) is 12.6. The molecule has 0 saturated carbocycles. The predicted octanol–water partition coefficient (Wildman–Crippen LogP) is 3.92. The number of aromatic nitrogens is 4. The molecule has 0 amide bonds. The molecule has 0 spiro atoms. The molecule has 1 N–H and O–H groups in total. The molecular weight excluding hydrogens is 336 g/mol. The van der Waals surface area contributed by atoms with Crippen LogP contribution in [0.15, 0.2) is 58.4 Å². The zero-order valence-corrected chi connectivity index (χ0v) is 14.6. The van der Waals surface area contributed by atoms with Gasteiger partial charge in [-0.25, -0.2) is 0 Å². The third-order valence-corrected chi connectivity index (χ3v) is 5.22. The van der Waals surface area contributed by atoms with E-state index < -0.39 is 0 Å². The molecule has 0 fully saturated rings. The van der Waals surface area contributed by atoms with Crippen molar-refractivity contribution < 1.29 is 9.21 Å². The van der Waals surface area contributed by atoms with Crippen molar-refractivity contribution in [2.24, 2.45) is 7.05 Å². The van der Waals surface area contributed by atoms with Crippen LogP contribution in [0, 0.1) is 0 Å². The lowest BCUT2D eigenvalue weighted by molar-refractivity contribution is 0.0995. The topological polar surface area (TPSA) is 76.7 Å². The van der Waals surface area contributed by atoms with E-state index in [1.165, 1.54) is 11.8 Å². The third kappa shape index (κ3) is 2.76. The molecule has 3 aromatic heterocycles. The van der Waals surface area contributed by atoms with Crippen LogP contribution in [0.4, 0.5) is 0 Å². The first kappa shape index (κ1) is 15.7. The Morgan fingerprint density at radius 1 is 1.24 bits per heavy atom. The molecule has 0 aliphatic heterocycles. The Bertz CT molecular complexity index is 1030. The van der Waals surface area contributed by atoms with Gasteiger partial charge in [-0.15, -0.1) is 10.2 Å². The molecule has 3 heterocycles. The van der Waals surface area contributed by atoms with Crippen LogP contribution in [0.1, 0.15) is 17.3 Å². The number of carbonyl (C=O) groups excluding carboxylic acids is 1. The van der Waals surface area contributed by atoms with Crippen LogP contribution < -0.4 is 0 Å². The molecule has 7 heteroatoms. The number of carbonyl (C=O) groups is 1. The summed E-state index contributed by atoms with van der Waals surface area (Å²) in [5, 5.41) is 9.68. The average Bonchev–Trinajstić information content (AvgIpc) is 3.35. The predicted molar refractivity (Wildman–Crippen MR) is 96.7 cm³/mol. The number of hydrogen-bond acceptors (Lipinski definition) is 5. The van der Waals surface area contributed by atoms with Crippen molar-refractivity contribution in [3.05, 3.63) is 54.4 Å². The van der Waals surface area contributed by atoms with E-state index in [9.17, 15) is 4.79 Å². The molecule has 25 heavy (non-hydrogen) atoms. The van der Waals surface area contributed by atoms with Crippen molar-refractivity contribution in [2.75, 3.05) is 0 Å². The number of benzene rings is 1. The average molecular weight is 352 g/mol. The molecule has 0 aliphatic rings. The fraction of sp³-hybridized carbons (Fsp3) is 0.167. The lowest BCUT2D eigenvalue weighted by atomic mass is 10.1. The molecule has 1 aromatic carbocycles. The van der Waals surface area contributed by atoms with Crippen molar-refractivity contribution in [3.63, 3.8) is 0 Å². The summed E-state index contributed by atoms with van der Waals surface area (Å²) in [7, 11) is 1.86. The Balaban J connectivity index is 1.58. The molecule has 1 atom stereocenters. The first-order chi connectivity index (χ1) is 12.1. The van der Waals surface area contributed by atoms with Gasteiger partial charge in [0.15, 0.2) is 22.5 Å². The van der Waals surface area contributed by atoms with Gasteiger partial charge in [-0.05, 0) is 25.1 Å². The van der Waals surface area contributed by atoms with Crippen molar-refractivity contribution in [3.8, 4) is 11.6 Å². The second-order valence-electron chi connectivity index (χ2n) is 5.71. The van der Waals surface area contributed by atoms with Gasteiger partial charge in [0.05, 0.1) is 11.5 Å². The standard InChI is InChI=1S/C18H16N4O2S/c1-11(16(23)13-10-19-14-7-4-3-6-12(13)14)25-18-21-20-17(22(18)2)15-8-5-9-24-15/h3-11,19H,1-2H3/t11-/m1/s1. The maximum Gasteiger partial charge on any atom is 0.200 e. The monoisotopic (exact) mass is 352 g/mol. The van der Waals surface area contributed by atoms with E-state index in [1.807, 2.05) is 48.9 Å². The smallest absolute Gasteiger partial charge is 0.200 e. The minimum atomic E-state index is -0.286. The largest absolute Gasteiger partial charge is 0.461 e. The Labute approximate surface area is 148 Å². The van der Waals surface area contributed by atoms with E-state index in [2.05, 4.69) is 15.2 Å². The zero-order chi connectivity index (χ0) is 17.4. The summed E-state index contributed by atoms with van der Waals surface area (Å²) in [6, 6.07) is 11.4. The summed E-state index contributed by atoms with van der Waals surface area (Å²) in [5.41, 5.74) is 1.66. The van der Waals surface area contributed by atoms with Gasteiger partial charge >= 0.3 is 0 Å². The molecule has 0 aliphatic carbocycles. The maximum absolute atomic E-state index is 12.9. The fourth-order valence-electron chi connectivity index (χ4n) is 2.74. The summed E-state index contributed by atoms with van der Waals surface area (Å²) in [5.74, 6) is 1.35. The number of aromatic amines is 1. The van der Waals surface area contributed by atoms with Crippen LogP contribution in [0.5, 0.6) is 0 Å². The first-order valence-corrected chi connectivity index (χ1v) is 8.73. The summed E-state index contributed by atoms with van der Waals surface area (Å²) < 4.78 is 7.21. The number of H-pyrrole nitrogens is 1. The number of para-hydroxylation sites is 1. The minimum Gasteiger partial charge on any atom is -0.461 e. The number of Topliss-reactive ketones (excluding diaryl/α,β-unsaturated/α-hetero) is 1. The Hall–Kier alpha value is -2.80. The minimum absolute atomic E-state index is 0.0602. The number of nitrogens with zero attached hydrogens (tertiary/aromatic N) is 3. The van der Waals surface area contributed by atoms with E-state index in [0.29, 0.717) is 22.3 Å². The molecule has 4 rings (SSSR count). The maximum atomic E-state index is 12.9. The Morgan fingerprint density at radius 3 is 2.88 bits per heavy atom. The van der Waals surface area contributed by atoms with Crippen molar-refractivity contribution in [1.29, 1.82) is 0 Å². The van der Waals surface area contributed by atoms with Gasteiger partial charge < -0.3 is 14.0 Å². The number of fused-ring (bicyclic) bond motifs is 1. The van der Waals surface area contributed by atoms with E-state index in [4.69, 9.17) is 4.42 Å². The van der Waals surface area contributed by atoms with Crippen LogP contribution >= 0.6 is 11.8 Å². The highest BCUT2D eigenvalue weighted by Crippen LogP contribution is 2.29. The summed E-state index contributed by atoms with van der Waals surface area (Å²) in [4.78, 5) is 16.0. The number of thioether (sulfide) groups is 1. The SMILES string of the molecule is C[C@@H](Sc1nnc(-c2ccco2)n1C)C(=O)c1c[nH]c2ccccc12. The second-order valence-corrected chi connectivity index (χ2v) is 7.02. The van der Waals surface area contributed by atoms with Gasteiger partial charge in [0.2, 0.25) is 0 Å². The molecule has 0 radical (unpaired) electrons. The number of furan rings is 1. The van der Waals surface area contributed by atoms with Gasteiger partial charge in [-0.3, -0.25) is 4.79 Å². The van der Waals surface area contributed by atoms with Gasteiger partial charge in [-0.1, -0.05) is 30.0 Å². The van der Waals surface area contributed by atoms with Crippen LogP contribution in [-0.4, -0.2) is 30.8 Å². The Morgan fingerprint density at radius 2 is 2.08 bits per heavy atom. The third-order valence-electron chi connectivity index (χ3n) is 4.08. The molecule has 0 saturated heterocycles. The van der Waals surface area contributed by atoms with Crippen molar-refractivity contribution in [1.82, 2.24) is 19.7 Å². The number of hydrogen-bond donors (Lipinski definition) is 1. The van der Waals surface area contributed by atoms with Crippen LogP contribution in [0.25, 0.3) is 22.5 Å². The van der Waals surface area contributed by atoms with E-state index in [0.717, 1.165) is 10.9 Å². The van der Waals surface area contributed by atoms with E-state index in [1.54, 1.807) is 18.5 Å². The Kier molecular flexibility index (Phi) is 3.93. The van der Waals surface area contributed by atoms with Gasteiger partial charge in [0.25, 0.3) is 0 Å². The molecule has 0 bridgehead atoms. The first-order valence-electron chi connectivity index (χ1n) is 7.85. The number of ketones is 1. The fourth-order valence-corrected chi connectivity index (χ4v) is 3.63. The second kappa shape index (κ2) is 6.25. The summed E-state index contributed by atoms with van der Waals surface area (Å²) in [6.07, 6.45) is 3.37. The quantitative estimate of drug-likeness (QED) is 0.435. The van der Waals surface area contributed by atoms with E-state index >= 15 is 0 Å². The molecule has 4 aromatic rings. The van der Waals surface area contributed by atoms with E-state index in [-0.39, 0.29) is 11.0 Å². The lowest BCUT2D eigenvalue weighted by Crippen LogP contribution is -2.14. The molecular formula is C18H16N4O2S. The van der Waals surface area contributed by atoms with Crippen LogP contribution in [0.3, 0.4) is 0 Å². The molecule has 6 nitrogen and oxygen atoms in total. The van der Waals surface area contributed by atoms with Gasteiger partial charge in [0, 0.05) is 29.7 Å². The highest BCUT2D eigenvalue weighted by molar-refractivity contribution is 8.00. The van der Waals surface area contributed by atoms with Crippen LogP contribution in [-0.2, 0) is 7.05 Å². The molecule has 126 valence electrons. The molecule has 0 unspecified atom stereocenters.